The molecule has 0 unspecified atom stereocenters. The molecule has 2 aromatic carbocycles. The summed E-state index contributed by atoms with van der Waals surface area (Å²) in [6.45, 7) is 2.25. The zero-order chi connectivity index (χ0) is 20.8. The van der Waals surface area contributed by atoms with E-state index in [1.54, 1.807) is 0 Å². The Labute approximate surface area is 162 Å². The highest BCUT2D eigenvalue weighted by Gasteiger charge is 2.31. The Hall–Kier alpha value is -2.39. The first-order chi connectivity index (χ1) is 13.1. The number of carbonyl (C=O) groups excluding carboxylic acids is 1. The van der Waals surface area contributed by atoms with Gasteiger partial charge in [-0.2, -0.15) is 13.2 Å². The van der Waals surface area contributed by atoms with Gasteiger partial charge in [-0.3, -0.25) is 4.79 Å². The van der Waals surface area contributed by atoms with Crippen molar-refractivity contribution < 1.29 is 26.4 Å². The highest BCUT2D eigenvalue weighted by atomic mass is 32.2. The first-order valence-corrected chi connectivity index (χ1v) is 10.1. The SMILES string of the molecule is Cc1ccccc1CNC(=O)CCCNS(=O)(=O)c1cccc(C(F)(F)F)c1. The molecule has 0 heterocycles. The predicted molar refractivity (Wildman–Crippen MR) is 98.9 cm³/mol. The van der Waals surface area contributed by atoms with E-state index in [4.69, 9.17) is 0 Å². The Morgan fingerprint density at radius 2 is 1.79 bits per heavy atom. The van der Waals surface area contributed by atoms with Gasteiger partial charge in [0.25, 0.3) is 0 Å². The van der Waals surface area contributed by atoms with Gasteiger partial charge < -0.3 is 5.32 Å². The fourth-order valence-corrected chi connectivity index (χ4v) is 3.59. The Bertz CT molecular complexity index is 928. The molecule has 2 aromatic rings. The molecule has 28 heavy (non-hydrogen) atoms. The van der Waals surface area contributed by atoms with Crippen molar-refractivity contribution in [1.29, 1.82) is 0 Å². The van der Waals surface area contributed by atoms with Gasteiger partial charge in [-0.15, -0.1) is 0 Å². The van der Waals surface area contributed by atoms with Gasteiger partial charge in [0.1, 0.15) is 0 Å². The summed E-state index contributed by atoms with van der Waals surface area (Å²) >= 11 is 0. The molecule has 0 spiro atoms. The maximum atomic E-state index is 12.7. The smallest absolute Gasteiger partial charge is 0.352 e. The number of hydrogen-bond acceptors (Lipinski definition) is 3. The predicted octanol–water partition coefficient (Wildman–Crippen LogP) is 3.39. The zero-order valence-corrected chi connectivity index (χ0v) is 16.0. The number of benzene rings is 2. The van der Waals surface area contributed by atoms with E-state index in [0.29, 0.717) is 12.6 Å². The van der Waals surface area contributed by atoms with Gasteiger partial charge in [0, 0.05) is 19.5 Å². The fraction of sp³-hybridized carbons (Fsp3) is 0.316. The fourth-order valence-electron chi connectivity index (χ4n) is 2.47. The summed E-state index contributed by atoms with van der Waals surface area (Å²) in [6, 6.07) is 11.1. The van der Waals surface area contributed by atoms with Crippen LogP contribution in [0.3, 0.4) is 0 Å². The summed E-state index contributed by atoms with van der Waals surface area (Å²) in [6.07, 6.45) is -4.31. The van der Waals surface area contributed by atoms with Gasteiger partial charge in [0.15, 0.2) is 0 Å². The summed E-state index contributed by atoms with van der Waals surface area (Å²) in [7, 11) is -4.08. The highest BCUT2D eigenvalue weighted by molar-refractivity contribution is 7.89. The molecule has 0 fully saturated rings. The molecule has 0 atom stereocenters. The van der Waals surface area contributed by atoms with Crippen LogP contribution in [0.2, 0.25) is 0 Å². The van der Waals surface area contributed by atoms with Crippen molar-refractivity contribution in [2.45, 2.75) is 37.4 Å². The lowest BCUT2D eigenvalue weighted by Crippen LogP contribution is -2.27. The molecule has 0 saturated heterocycles. The molecular weight excluding hydrogens is 393 g/mol. The third kappa shape index (κ3) is 6.35. The Kier molecular flexibility index (Phi) is 7.20. The Morgan fingerprint density at radius 1 is 1.07 bits per heavy atom. The van der Waals surface area contributed by atoms with Crippen LogP contribution in [-0.4, -0.2) is 20.9 Å². The topological polar surface area (TPSA) is 75.3 Å². The second-order valence-corrected chi connectivity index (χ2v) is 8.00. The second-order valence-electron chi connectivity index (χ2n) is 6.23. The van der Waals surface area contributed by atoms with Crippen LogP contribution in [0.15, 0.2) is 53.4 Å². The highest BCUT2D eigenvalue weighted by Crippen LogP contribution is 2.30. The van der Waals surface area contributed by atoms with Crippen molar-refractivity contribution in [1.82, 2.24) is 10.0 Å². The van der Waals surface area contributed by atoms with Crippen molar-refractivity contribution in [3.05, 3.63) is 65.2 Å². The van der Waals surface area contributed by atoms with Gasteiger partial charge in [0.2, 0.25) is 15.9 Å². The minimum absolute atomic E-state index is 0.0592. The lowest BCUT2D eigenvalue weighted by atomic mass is 10.1. The van der Waals surface area contributed by atoms with Crippen LogP contribution in [0.4, 0.5) is 13.2 Å². The molecule has 0 aromatic heterocycles. The molecule has 0 aliphatic heterocycles. The van der Waals surface area contributed by atoms with E-state index in [0.717, 1.165) is 29.3 Å². The zero-order valence-electron chi connectivity index (χ0n) is 15.2. The summed E-state index contributed by atoms with van der Waals surface area (Å²) < 4.78 is 64.6. The van der Waals surface area contributed by atoms with E-state index < -0.39 is 26.7 Å². The summed E-state index contributed by atoms with van der Waals surface area (Å²) in [5.74, 6) is -0.235. The number of amides is 1. The van der Waals surface area contributed by atoms with E-state index in [1.807, 2.05) is 31.2 Å². The van der Waals surface area contributed by atoms with E-state index in [1.165, 1.54) is 0 Å². The monoisotopic (exact) mass is 414 g/mol. The molecule has 0 aliphatic rings. The number of nitrogens with one attached hydrogen (secondary N) is 2. The van der Waals surface area contributed by atoms with Gasteiger partial charge in [-0.1, -0.05) is 30.3 Å². The third-order valence-electron chi connectivity index (χ3n) is 4.08. The number of halogens is 3. The van der Waals surface area contributed by atoms with E-state index in [-0.39, 0.29) is 25.3 Å². The quantitative estimate of drug-likeness (QED) is 0.651. The molecular formula is C19H21F3N2O3S. The van der Waals surface area contributed by atoms with Gasteiger partial charge in [0.05, 0.1) is 10.5 Å². The maximum absolute atomic E-state index is 12.7. The lowest BCUT2D eigenvalue weighted by Gasteiger charge is -2.11. The van der Waals surface area contributed by atoms with Crippen LogP contribution in [0.5, 0.6) is 0 Å². The second kappa shape index (κ2) is 9.20. The molecule has 0 aliphatic carbocycles. The van der Waals surface area contributed by atoms with Crippen molar-refractivity contribution in [2.24, 2.45) is 0 Å². The molecule has 9 heteroatoms. The number of carbonyl (C=O) groups is 1. The minimum Gasteiger partial charge on any atom is -0.352 e. The van der Waals surface area contributed by atoms with Gasteiger partial charge >= 0.3 is 6.18 Å². The van der Waals surface area contributed by atoms with Crippen LogP contribution < -0.4 is 10.0 Å². The van der Waals surface area contributed by atoms with E-state index >= 15 is 0 Å². The van der Waals surface area contributed by atoms with E-state index in [9.17, 15) is 26.4 Å². The Balaban J connectivity index is 1.81. The van der Waals surface area contributed by atoms with Gasteiger partial charge in [-0.05, 0) is 42.7 Å². The summed E-state index contributed by atoms with van der Waals surface area (Å²) in [5.41, 5.74) is 1.00. The first kappa shape index (κ1) is 21.9. The molecule has 152 valence electrons. The first-order valence-electron chi connectivity index (χ1n) is 8.58. The third-order valence-corrected chi connectivity index (χ3v) is 5.54. The van der Waals surface area contributed by atoms with Crippen LogP contribution in [0, 0.1) is 6.92 Å². The average Bonchev–Trinajstić information content (AvgIpc) is 2.64. The minimum atomic E-state index is -4.62. The maximum Gasteiger partial charge on any atom is 0.416 e. The number of alkyl halides is 3. The molecule has 2 rings (SSSR count). The number of rotatable bonds is 8. The van der Waals surface area contributed by atoms with Crippen LogP contribution in [-0.2, 0) is 27.5 Å². The van der Waals surface area contributed by atoms with Crippen molar-refractivity contribution >= 4 is 15.9 Å². The van der Waals surface area contributed by atoms with Crippen LogP contribution >= 0.6 is 0 Å². The van der Waals surface area contributed by atoms with Crippen molar-refractivity contribution in [3.8, 4) is 0 Å². The number of sulfonamides is 1. The molecule has 0 saturated carbocycles. The standard InChI is InChI=1S/C19H21F3N2O3S/c1-14-6-2-3-7-15(14)13-23-18(25)10-5-11-24-28(26,27)17-9-4-8-16(12-17)19(20,21)22/h2-4,6-9,12,24H,5,10-11,13H2,1H3,(H,23,25). The average molecular weight is 414 g/mol. The van der Waals surface area contributed by atoms with Crippen molar-refractivity contribution in [3.63, 3.8) is 0 Å². The Morgan fingerprint density at radius 3 is 2.46 bits per heavy atom. The molecule has 5 nitrogen and oxygen atoms in total. The largest absolute Gasteiger partial charge is 0.416 e. The van der Waals surface area contributed by atoms with Gasteiger partial charge in [-0.25, -0.2) is 13.1 Å². The number of aryl methyl sites for hydroxylation is 1. The van der Waals surface area contributed by atoms with Crippen LogP contribution in [0.25, 0.3) is 0 Å². The lowest BCUT2D eigenvalue weighted by molar-refractivity contribution is -0.137. The molecule has 0 bridgehead atoms. The normalized spacial score (nSPS) is 12.0. The van der Waals surface area contributed by atoms with E-state index in [2.05, 4.69) is 10.0 Å². The number of hydrogen-bond donors (Lipinski definition) is 2. The molecule has 2 N–H and O–H groups in total. The van der Waals surface area contributed by atoms with Crippen molar-refractivity contribution in [2.75, 3.05) is 6.54 Å². The molecule has 1 amide bonds. The molecule has 0 radical (unpaired) electrons. The summed E-state index contributed by atoms with van der Waals surface area (Å²) in [5, 5.41) is 2.75. The summed E-state index contributed by atoms with van der Waals surface area (Å²) in [4.78, 5) is 11.4. The van der Waals surface area contributed by atoms with Crippen LogP contribution in [0.1, 0.15) is 29.5 Å².